The topological polar surface area (TPSA) is 118 Å². The molecular formula is C26H40Cl2N4O4S. The quantitative estimate of drug-likeness (QED) is 0.172. The lowest BCUT2D eigenvalue weighted by molar-refractivity contribution is 0.127. The molecule has 2 rings (SSSR count). The number of pyridine rings is 1. The molecule has 0 spiro atoms. The zero-order valence-electron chi connectivity index (χ0n) is 21.8. The van der Waals surface area contributed by atoms with E-state index in [0.717, 1.165) is 50.6 Å². The number of unbranched alkanes of at least 4 members (excludes halogenated alkanes) is 3. The first-order valence-corrected chi connectivity index (χ1v) is 15.0. The van der Waals surface area contributed by atoms with Crippen LogP contribution in [0.25, 0.3) is 0 Å². The number of ether oxygens (including phenoxy) is 1. The van der Waals surface area contributed by atoms with Crippen molar-refractivity contribution in [2.24, 2.45) is 0 Å². The second kappa shape index (κ2) is 16.5. The largest absolute Gasteiger partial charge is 0.396 e. The summed E-state index contributed by atoms with van der Waals surface area (Å²) in [5, 5.41) is 14.2. The van der Waals surface area contributed by atoms with E-state index in [-0.39, 0.29) is 4.90 Å². The summed E-state index contributed by atoms with van der Waals surface area (Å²) in [6, 6.07) is 5.00. The number of nitrogen functional groups attached to an aromatic ring is 1. The summed E-state index contributed by atoms with van der Waals surface area (Å²) < 4.78 is 32.5. The molecule has 37 heavy (non-hydrogen) atoms. The molecule has 0 aliphatic rings. The first-order valence-electron chi connectivity index (χ1n) is 12.9. The molecule has 208 valence electrons. The van der Waals surface area contributed by atoms with E-state index in [1.807, 2.05) is 13.8 Å². The molecule has 1 heterocycles. The molecule has 1 aromatic carbocycles. The Kier molecular flexibility index (Phi) is 14.2. The van der Waals surface area contributed by atoms with Crippen molar-refractivity contribution in [3.63, 3.8) is 0 Å². The van der Waals surface area contributed by atoms with Gasteiger partial charge in [0.05, 0.1) is 21.8 Å². The van der Waals surface area contributed by atoms with E-state index in [1.54, 1.807) is 24.4 Å². The molecule has 0 radical (unpaired) electrons. The maximum atomic E-state index is 12.7. The number of nitrogens with two attached hydrogens (primary N) is 1. The summed E-state index contributed by atoms with van der Waals surface area (Å²) in [5.74, 6) is 0. The van der Waals surface area contributed by atoms with Gasteiger partial charge in [-0.15, -0.1) is 0 Å². The van der Waals surface area contributed by atoms with Gasteiger partial charge < -0.3 is 20.9 Å². The van der Waals surface area contributed by atoms with Crippen LogP contribution in [0.1, 0.15) is 63.2 Å². The smallest absolute Gasteiger partial charge is 0.244 e. The van der Waals surface area contributed by atoms with Crippen LogP contribution in [0.4, 0.5) is 5.69 Å². The molecule has 0 saturated carbocycles. The highest BCUT2D eigenvalue weighted by Gasteiger charge is 2.22. The minimum absolute atomic E-state index is 0.248. The number of hydrogen-bond acceptors (Lipinski definition) is 7. The molecule has 1 unspecified atom stereocenters. The lowest BCUT2D eigenvalue weighted by Gasteiger charge is -2.18. The number of aryl methyl sites for hydroxylation is 1. The lowest BCUT2D eigenvalue weighted by Crippen LogP contribution is -2.30. The van der Waals surface area contributed by atoms with Gasteiger partial charge in [0, 0.05) is 45.2 Å². The number of aliphatic hydroxyl groups is 1. The van der Waals surface area contributed by atoms with Crippen LogP contribution < -0.4 is 11.1 Å². The van der Waals surface area contributed by atoms with Gasteiger partial charge in [-0.25, -0.2) is 8.42 Å². The highest BCUT2D eigenvalue weighted by Crippen LogP contribution is 2.31. The van der Waals surface area contributed by atoms with E-state index in [4.69, 9.17) is 33.7 Å². The molecule has 11 heteroatoms. The lowest BCUT2D eigenvalue weighted by atomic mass is 10.1. The average molecular weight is 576 g/mol. The Morgan fingerprint density at radius 2 is 1.68 bits per heavy atom. The summed E-state index contributed by atoms with van der Waals surface area (Å²) >= 11 is 12.1. The predicted octanol–water partition coefficient (Wildman–Crippen LogP) is 4.83. The van der Waals surface area contributed by atoms with Crippen LogP contribution in [0.2, 0.25) is 10.0 Å². The van der Waals surface area contributed by atoms with Crippen LogP contribution in [0.5, 0.6) is 0 Å². The summed E-state index contributed by atoms with van der Waals surface area (Å²) in [5.41, 5.74) is 7.59. The summed E-state index contributed by atoms with van der Waals surface area (Å²) in [6.45, 7) is 7.10. The Hall–Kier alpha value is -1.46. The first kappa shape index (κ1) is 31.8. The molecule has 1 atom stereocenters. The van der Waals surface area contributed by atoms with Crippen molar-refractivity contribution in [3.8, 4) is 0 Å². The standard InChI is InChI=1S/C26H40Cl2N4O4S/c1-3-32(4-2)37(34,35)22-14-20(17-31-18-22)10-9-13-36-12-8-6-5-7-11-30-19-25(33)21-15-23(27)26(29)24(28)16-21/h14-18,25,30,33H,3-13,19,29H2,1-2H3. The van der Waals surface area contributed by atoms with Crippen molar-refractivity contribution in [2.75, 3.05) is 45.1 Å². The van der Waals surface area contributed by atoms with Crippen LogP contribution in [0, 0.1) is 0 Å². The van der Waals surface area contributed by atoms with Crippen molar-refractivity contribution in [1.29, 1.82) is 0 Å². The van der Waals surface area contributed by atoms with Gasteiger partial charge in [0.1, 0.15) is 4.90 Å². The number of nitrogens with zero attached hydrogens (tertiary/aromatic N) is 2. The summed E-state index contributed by atoms with van der Waals surface area (Å²) in [6.07, 6.45) is 8.11. The third-order valence-electron chi connectivity index (χ3n) is 6.08. The third kappa shape index (κ3) is 10.3. The minimum atomic E-state index is -3.49. The fraction of sp³-hybridized carbons (Fsp3) is 0.577. The van der Waals surface area contributed by atoms with Crippen LogP contribution in [0.3, 0.4) is 0 Å². The van der Waals surface area contributed by atoms with E-state index in [0.29, 0.717) is 54.1 Å². The van der Waals surface area contributed by atoms with Crippen LogP contribution >= 0.6 is 23.2 Å². The molecule has 0 bridgehead atoms. The molecule has 2 aromatic rings. The van der Waals surface area contributed by atoms with Crippen molar-refractivity contribution >= 4 is 38.9 Å². The number of sulfonamides is 1. The van der Waals surface area contributed by atoms with Crippen molar-refractivity contribution in [3.05, 3.63) is 51.8 Å². The molecular weight excluding hydrogens is 535 g/mol. The second-order valence-electron chi connectivity index (χ2n) is 8.87. The number of aliphatic hydroxyl groups excluding tert-OH is 1. The SMILES string of the molecule is CCN(CC)S(=O)(=O)c1cncc(CCCOCCCCCCNCC(O)c2cc(Cl)c(N)c(Cl)c2)c1. The van der Waals surface area contributed by atoms with E-state index < -0.39 is 16.1 Å². The number of anilines is 1. The number of halogens is 2. The minimum Gasteiger partial charge on any atom is -0.396 e. The van der Waals surface area contributed by atoms with Crippen molar-refractivity contribution in [2.45, 2.75) is 63.4 Å². The molecule has 8 nitrogen and oxygen atoms in total. The van der Waals surface area contributed by atoms with Crippen molar-refractivity contribution in [1.82, 2.24) is 14.6 Å². The highest BCUT2D eigenvalue weighted by atomic mass is 35.5. The average Bonchev–Trinajstić information content (AvgIpc) is 2.88. The number of hydrogen-bond donors (Lipinski definition) is 3. The van der Waals surface area contributed by atoms with E-state index in [1.165, 1.54) is 10.5 Å². The molecule has 0 aliphatic heterocycles. The van der Waals surface area contributed by atoms with Crippen LogP contribution in [0.15, 0.2) is 35.5 Å². The van der Waals surface area contributed by atoms with E-state index >= 15 is 0 Å². The summed E-state index contributed by atoms with van der Waals surface area (Å²) in [7, 11) is -3.49. The van der Waals surface area contributed by atoms with Gasteiger partial charge in [0.25, 0.3) is 0 Å². The number of nitrogens with one attached hydrogen (secondary N) is 1. The van der Waals surface area contributed by atoms with Gasteiger partial charge in [-0.3, -0.25) is 4.98 Å². The van der Waals surface area contributed by atoms with Gasteiger partial charge in [-0.2, -0.15) is 4.31 Å². The summed E-state index contributed by atoms with van der Waals surface area (Å²) in [4.78, 5) is 4.37. The van der Waals surface area contributed by atoms with Crippen LogP contribution in [-0.2, 0) is 21.2 Å². The Morgan fingerprint density at radius 1 is 1.03 bits per heavy atom. The molecule has 0 fully saturated rings. The Bertz CT molecular complexity index is 1050. The zero-order chi connectivity index (χ0) is 27.3. The Morgan fingerprint density at radius 3 is 2.35 bits per heavy atom. The molecule has 4 N–H and O–H groups in total. The van der Waals surface area contributed by atoms with Gasteiger partial charge in [-0.1, -0.05) is 49.9 Å². The van der Waals surface area contributed by atoms with Crippen molar-refractivity contribution < 1.29 is 18.3 Å². The number of rotatable bonds is 18. The first-order chi connectivity index (χ1) is 17.7. The molecule has 1 aromatic heterocycles. The fourth-order valence-electron chi connectivity index (χ4n) is 3.90. The molecule has 0 saturated heterocycles. The van der Waals surface area contributed by atoms with E-state index in [9.17, 15) is 13.5 Å². The Balaban J connectivity index is 1.53. The molecule has 0 aliphatic carbocycles. The van der Waals surface area contributed by atoms with Gasteiger partial charge in [0.15, 0.2) is 0 Å². The maximum absolute atomic E-state index is 12.7. The highest BCUT2D eigenvalue weighted by molar-refractivity contribution is 7.89. The number of benzene rings is 1. The normalized spacial score (nSPS) is 12.8. The maximum Gasteiger partial charge on any atom is 0.244 e. The fourth-order valence-corrected chi connectivity index (χ4v) is 5.87. The van der Waals surface area contributed by atoms with Gasteiger partial charge in [0.2, 0.25) is 10.0 Å². The molecule has 0 amide bonds. The van der Waals surface area contributed by atoms with E-state index in [2.05, 4.69) is 10.3 Å². The van der Waals surface area contributed by atoms with Gasteiger partial charge in [-0.05, 0) is 61.6 Å². The third-order valence-corrected chi connectivity index (χ3v) is 8.72. The zero-order valence-corrected chi connectivity index (χ0v) is 24.1. The second-order valence-corrected chi connectivity index (χ2v) is 11.6. The van der Waals surface area contributed by atoms with Crippen LogP contribution in [-0.4, -0.2) is 62.2 Å². The number of aromatic nitrogens is 1. The van der Waals surface area contributed by atoms with Gasteiger partial charge >= 0.3 is 0 Å². The predicted molar refractivity (Wildman–Crippen MR) is 151 cm³/mol. The Labute approximate surface area is 231 Å². The monoisotopic (exact) mass is 574 g/mol.